The van der Waals surface area contributed by atoms with Crippen LogP contribution in [0.25, 0.3) is 11.3 Å². The second kappa shape index (κ2) is 6.58. The molecule has 23 heavy (non-hydrogen) atoms. The van der Waals surface area contributed by atoms with E-state index in [0.717, 1.165) is 5.56 Å². The maximum atomic E-state index is 14.2. The van der Waals surface area contributed by atoms with Gasteiger partial charge in [-0.1, -0.05) is 24.3 Å². The number of hydrogen-bond donors (Lipinski definition) is 1. The van der Waals surface area contributed by atoms with Crippen molar-refractivity contribution in [1.82, 2.24) is 10.3 Å². The summed E-state index contributed by atoms with van der Waals surface area (Å²) in [4.78, 5) is 8.82. The topological polar surface area (TPSA) is 37.3 Å². The van der Waals surface area contributed by atoms with Crippen LogP contribution < -0.4 is 5.32 Å². The van der Waals surface area contributed by atoms with Crippen LogP contribution in [-0.4, -0.2) is 10.7 Å². The molecule has 3 rings (SSSR count). The normalized spacial score (nSPS) is 15.2. The van der Waals surface area contributed by atoms with Crippen molar-refractivity contribution < 1.29 is 4.39 Å². The molecule has 0 bridgehead atoms. The van der Waals surface area contributed by atoms with Gasteiger partial charge in [-0.05, 0) is 42.5 Å². The number of hydrogen-bond acceptors (Lipinski definition) is 3. The summed E-state index contributed by atoms with van der Waals surface area (Å²) in [6, 6.07) is 8.04. The van der Waals surface area contributed by atoms with Crippen LogP contribution in [0, 0.1) is 5.82 Å². The number of aromatic nitrogens is 1. The minimum atomic E-state index is -0.380. The Morgan fingerprint density at radius 2 is 2.09 bits per heavy atom. The van der Waals surface area contributed by atoms with Gasteiger partial charge in [0, 0.05) is 28.5 Å². The standard InChI is InChI=1S/C18H13ClFN3/c1-2-4-17-21-10-8-16(23-17)13-5-3-9-22-18(13)14-11-12(19)6-7-15(14)20/h2-11,21H,1H2/b17-4+. The first kappa shape index (κ1) is 15.2. The highest BCUT2D eigenvalue weighted by Gasteiger charge is 2.16. The fourth-order valence-electron chi connectivity index (χ4n) is 2.26. The first-order chi connectivity index (χ1) is 11.2. The van der Waals surface area contributed by atoms with Crippen LogP contribution in [0.5, 0.6) is 0 Å². The first-order valence-electron chi connectivity index (χ1n) is 6.94. The van der Waals surface area contributed by atoms with Crippen molar-refractivity contribution >= 4 is 17.3 Å². The maximum absolute atomic E-state index is 14.2. The average Bonchev–Trinajstić information content (AvgIpc) is 2.58. The number of benzene rings is 1. The zero-order chi connectivity index (χ0) is 16.2. The van der Waals surface area contributed by atoms with E-state index < -0.39 is 0 Å². The van der Waals surface area contributed by atoms with Crippen LogP contribution in [0.3, 0.4) is 0 Å². The number of nitrogens with one attached hydrogen (secondary N) is 1. The molecule has 1 aliphatic heterocycles. The van der Waals surface area contributed by atoms with E-state index in [1.165, 1.54) is 12.1 Å². The molecular weight excluding hydrogens is 313 g/mol. The molecule has 0 radical (unpaired) electrons. The summed E-state index contributed by atoms with van der Waals surface area (Å²) in [5.41, 5.74) is 2.24. The molecule has 0 unspecified atom stereocenters. The maximum Gasteiger partial charge on any atom is 0.132 e. The molecule has 2 aromatic rings. The van der Waals surface area contributed by atoms with Crippen molar-refractivity contribution in [2.24, 2.45) is 4.99 Å². The molecule has 0 aliphatic carbocycles. The molecule has 0 fully saturated rings. The molecule has 114 valence electrons. The average molecular weight is 326 g/mol. The molecule has 1 N–H and O–H groups in total. The van der Waals surface area contributed by atoms with Crippen molar-refractivity contribution in [3.63, 3.8) is 0 Å². The van der Waals surface area contributed by atoms with Crippen molar-refractivity contribution in [2.75, 3.05) is 0 Å². The highest BCUT2D eigenvalue weighted by molar-refractivity contribution is 6.30. The number of nitrogens with zero attached hydrogens (tertiary/aromatic N) is 2. The molecule has 1 aromatic carbocycles. The molecule has 1 aliphatic rings. The molecule has 5 heteroatoms. The Morgan fingerprint density at radius 1 is 1.22 bits per heavy atom. The summed E-state index contributed by atoms with van der Waals surface area (Å²) in [6.45, 7) is 3.65. The summed E-state index contributed by atoms with van der Waals surface area (Å²) in [7, 11) is 0. The molecule has 0 saturated heterocycles. The molecule has 0 amide bonds. The Hall–Kier alpha value is -2.72. The second-order valence-electron chi connectivity index (χ2n) is 4.79. The van der Waals surface area contributed by atoms with Crippen LogP contribution in [0.1, 0.15) is 5.56 Å². The van der Waals surface area contributed by atoms with E-state index >= 15 is 0 Å². The van der Waals surface area contributed by atoms with Gasteiger partial charge in [-0.15, -0.1) is 0 Å². The molecule has 3 nitrogen and oxygen atoms in total. The van der Waals surface area contributed by atoms with E-state index in [1.54, 1.807) is 36.7 Å². The van der Waals surface area contributed by atoms with Gasteiger partial charge in [0.15, 0.2) is 0 Å². The van der Waals surface area contributed by atoms with Gasteiger partial charge in [0.05, 0.1) is 11.4 Å². The molecular formula is C18H13ClFN3. The minimum absolute atomic E-state index is 0.344. The van der Waals surface area contributed by atoms with Gasteiger partial charge in [0.1, 0.15) is 11.6 Å². The third-order valence-corrected chi connectivity index (χ3v) is 3.49. The Labute approximate surface area is 138 Å². The molecule has 0 spiro atoms. The van der Waals surface area contributed by atoms with Gasteiger partial charge in [0.25, 0.3) is 0 Å². The van der Waals surface area contributed by atoms with E-state index in [0.29, 0.717) is 27.8 Å². The van der Waals surface area contributed by atoms with Gasteiger partial charge in [-0.3, -0.25) is 4.98 Å². The van der Waals surface area contributed by atoms with E-state index in [1.807, 2.05) is 12.1 Å². The zero-order valence-electron chi connectivity index (χ0n) is 12.1. The lowest BCUT2D eigenvalue weighted by Gasteiger charge is -2.14. The third-order valence-electron chi connectivity index (χ3n) is 3.26. The first-order valence-corrected chi connectivity index (χ1v) is 7.32. The van der Waals surface area contributed by atoms with E-state index in [9.17, 15) is 4.39 Å². The SMILES string of the molecule is C=C/C=C1/N=C(c2cccnc2-c2cc(Cl)ccc2F)C=CN1. The number of aliphatic imine (C=N–C) groups is 1. The Morgan fingerprint density at radius 3 is 2.91 bits per heavy atom. The van der Waals surface area contributed by atoms with Crippen LogP contribution in [0.15, 0.2) is 78.3 Å². The molecule has 2 heterocycles. The van der Waals surface area contributed by atoms with Gasteiger partial charge in [-0.25, -0.2) is 9.38 Å². The minimum Gasteiger partial charge on any atom is -0.347 e. The fourth-order valence-corrected chi connectivity index (χ4v) is 2.43. The zero-order valence-corrected chi connectivity index (χ0v) is 12.9. The van der Waals surface area contributed by atoms with E-state index in [-0.39, 0.29) is 5.82 Å². The summed E-state index contributed by atoms with van der Waals surface area (Å²) in [5.74, 6) is 0.272. The lowest BCUT2D eigenvalue weighted by Crippen LogP contribution is -2.13. The second-order valence-corrected chi connectivity index (χ2v) is 5.22. The summed E-state index contributed by atoms with van der Waals surface area (Å²) in [6.07, 6.45) is 8.58. The smallest absolute Gasteiger partial charge is 0.132 e. The number of halogens is 2. The Kier molecular flexibility index (Phi) is 4.35. The highest BCUT2D eigenvalue weighted by Crippen LogP contribution is 2.28. The van der Waals surface area contributed by atoms with Crippen molar-refractivity contribution in [1.29, 1.82) is 0 Å². The predicted molar refractivity (Wildman–Crippen MR) is 91.7 cm³/mol. The van der Waals surface area contributed by atoms with Crippen LogP contribution in [0.2, 0.25) is 5.02 Å². The van der Waals surface area contributed by atoms with Gasteiger partial charge in [-0.2, -0.15) is 0 Å². The van der Waals surface area contributed by atoms with Gasteiger partial charge >= 0.3 is 0 Å². The number of rotatable bonds is 3. The molecule has 1 aromatic heterocycles. The highest BCUT2D eigenvalue weighted by atomic mass is 35.5. The Balaban J connectivity index is 2.16. The van der Waals surface area contributed by atoms with Crippen molar-refractivity contribution in [3.05, 3.63) is 89.8 Å². The monoisotopic (exact) mass is 325 g/mol. The molecule has 0 atom stereocenters. The van der Waals surface area contributed by atoms with Crippen molar-refractivity contribution in [2.45, 2.75) is 0 Å². The lowest BCUT2D eigenvalue weighted by molar-refractivity contribution is 0.630. The predicted octanol–water partition coefficient (Wildman–Crippen LogP) is 4.47. The number of pyridine rings is 1. The van der Waals surface area contributed by atoms with Gasteiger partial charge in [0.2, 0.25) is 0 Å². The van der Waals surface area contributed by atoms with Crippen molar-refractivity contribution in [3.8, 4) is 11.3 Å². The summed E-state index contributed by atoms with van der Waals surface area (Å²) < 4.78 is 14.2. The fraction of sp³-hybridized carbons (Fsp3) is 0. The van der Waals surface area contributed by atoms with E-state index in [4.69, 9.17) is 11.6 Å². The quantitative estimate of drug-likeness (QED) is 0.903. The van der Waals surface area contributed by atoms with Crippen LogP contribution >= 0.6 is 11.6 Å². The van der Waals surface area contributed by atoms with Gasteiger partial charge < -0.3 is 5.32 Å². The summed E-state index contributed by atoms with van der Waals surface area (Å²) >= 11 is 6.00. The third kappa shape index (κ3) is 3.22. The van der Waals surface area contributed by atoms with Crippen LogP contribution in [-0.2, 0) is 0 Å². The van der Waals surface area contributed by atoms with E-state index in [2.05, 4.69) is 21.9 Å². The molecule has 0 saturated carbocycles. The Bertz CT molecular complexity index is 853. The lowest BCUT2D eigenvalue weighted by atomic mass is 10.0. The largest absolute Gasteiger partial charge is 0.347 e. The summed E-state index contributed by atoms with van der Waals surface area (Å²) in [5, 5.41) is 3.46. The number of allylic oxidation sites excluding steroid dienone is 3. The van der Waals surface area contributed by atoms with Crippen LogP contribution in [0.4, 0.5) is 4.39 Å².